The number of thiocarbonyl (C=S) groups is 1. The molecular formula is C13H16N2O2S. The fourth-order valence-corrected chi connectivity index (χ4v) is 2.15. The highest BCUT2D eigenvalue weighted by Crippen LogP contribution is 2.33. The van der Waals surface area contributed by atoms with Crippen LogP contribution >= 0.6 is 12.2 Å². The Morgan fingerprint density at radius 3 is 2.78 bits per heavy atom. The molecule has 1 aliphatic rings. The van der Waals surface area contributed by atoms with Crippen LogP contribution in [-0.4, -0.2) is 22.0 Å². The summed E-state index contributed by atoms with van der Waals surface area (Å²) >= 11 is 4.96. The Bertz CT molecular complexity index is 498. The van der Waals surface area contributed by atoms with E-state index in [1.165, 1.54) is 6.07 Å². The van der Waals surface area contributed by atoms with E-state index in [1.807, 2.05) is 6.92 Å². The number of benzene rings is 1. The number of nitrogens with two attached hydrogens (primary N) is 1. The van der Waals surface area contributed by atoms with Crippen LogP contribution in [0.5, 0.6) is 5.75 Å². The number of carbonyl (C=O) groups is 1. The first-order chi connectivity index (χ1) is 8.49. The van der Waals surface area contributed by atoms with Gasteiger partial charge in [0.25, 0.3) is 5.91 Å². The number of carbonyl (C=O) groups excluding carboxylic acids is 1. The van der Waals surface area contributed by atoms with Crippen LogP contribution in [0.3, 0.4) is 0 Å². The number of hydrogen-bond acceptors (Lipinski definition) is 3. The number of nitrogens with one attached hydrogen (secondary N) is 1. The molecule has 4 nitrogen and oxygen atoms in total. The zero-order valence-corrected chi connectivity index (χ0v) is 11.0. The normalized spacial score (nSPS) is 16.1. The van der Waals surface area contributed by atoms with Gasteiger partial charge in [-0.05, 0) is 37.8 Å². The van der Waals surface area contributed by atoms with Gasteiger partial charge >= 0.3 is 0 Å². The van der Waals surface area contributed by atoms with Crippen molar-refractivity contribution >= 4 is 23.1 Å². The molecule has 0 aliphatic heterocycles. The van der Waals surface area contributed by atoms with Crippen molar-refractivity contribution in [3.63, 3.8) is 0 Å². The van der Waals surface area contributed by atoms with Crippen LogP contribution in [0.1, 0.15) is 28.8 Å². The second-order valence-corrected chi connectivity index (χ2v) is 5.18. The van der Waals surface area contributed by atoms with Crippen molar-refractivity contribution in [2.75, 3.05) is 0 Å². The first-order valence-electron chi connectivity index (χ1n) is 5.89. The fourth-order valence-electron chi connectivity index (χ4n) is 1.90. The van der Waals surface area contributed by atoms with Gasteiger partial charge in [0.1, 0.15) is 5.75 Å². The molecule has 1 unspecified atom stereocenters. The lowest BCUT2D eigenvalue weighted by atomic mass is 10.1. The van der Waals surface area contributed by atoms with Crippen molar-refractivity contribution in [2.24, 2.45) is 11.7 Å². The largest absolute Gasteiger partial charge is 0.507 e. The Hall–Kier alpha value is -1.62. The zero-order chi connectivity index (χ0) is 13.3. The predicted octanol–water partition coefficient (Wildman–Crippen LogP) is 1.50. The molecule has 0 saturated heterocycles. The first kappa shape index (κ1) is 12.8. The summed E-state index contributed by atoms with van der Waals surface area (Å²) in [5, 5.41) is 12.5. The predicted molar refractivity (Wildman–Crippen MR) is 73.6 cm³/mol. The van der Waals surface area contributed by atoms with Crippen molar-refractivity contribution in [2.45, 2.75) is 25.8 Å². The lowest BCUT2D eigenvalue weighted by molar-refractivity contribution is 0.0941. The minimum absolute atomic E-state index is 0.0319. The topological polar surface area (TPSA) is 75.3 Å². The molecule has 2 rings (SSSR count). The summed E-state index contributed by atoms with van der Waals surface area (Å²) in [4.78, 5) is 12.4. The third kappa shape index (κ3) is 2.79. The van der Waals surface area contributed by atoms with Crippen molar-refractivity contribution < 1.29 is 9.90 Å². The van der Waals surface area contributed by atoms with Gasteiger partial charge in [-0.15, -0.1) is 0 Å². The maximum absolute atomic E-state index is 12.1. The summed E-state index contributed by atoms with van der Waals surface area (Å²) in [6, 6.07) is 4.64. The molecule has 1 saturated carbocycles. The van der Waals surface area contributed by atoms with Gasteiger partial charge in [0.2, 0.25) is 0 Å². The molecule has 4 N–H and O–H groups in total. The van der Waals surface area contributed by atoms with Gasteiger partial charge in [-0.1, -0.05) is 23.8 Å². The summed E-state index contributed by atoms with van der Waals surface area (Å²) in [6.07, 6.45) is 2.06. The lowest BCUT2D eigenvalue weighted by Crippen LogP contribution is -2.45. The number of hydrogen-bond donors (Lipinski definition) is 3. The molecule has 0 aromatic heterocycles. The maximum Gasteiger partial charge on any atom is 0.255 e. The molecule has 5 heteroatoms. The zero-order valence-electron chi connectivity index (χ0n) is 10.1. The van der Waals surface area contributed by atoms with Crippen molar-refractivity contribution in [1.29, 1.82) is 0 Å². The van der Waals surface area contributed by atoms with Crippen LogP contribution in [0, 0.1) is 12.8 Å². The Kier molecular flexibility index (Phi) is 3.52. The van der Waals surface area contributed by atoms with E-state index in [4.69, 9.17) is 18.0 Å². The number of phenolic OH excluding ortho intramolecular Hbond substituents is 1. The van der Waals surface area contributed by atoms with Crippen LogP contribution < -0.4 is 11.1 Å². The molecular weight excluding hydrogens is 248 g/mol. The number of rotatable bonds is 4. The number of aromatic hydroxyl groups is 1. The van der Waals surface area contributed by atoms with E-state index in [0.717, 1.165) is 18.4 Å². The van der Waals surface area contributed by atoms with Gasteiger partial charge in [0.05, 0.1) is 16.6 Å². The Balaban J connectivity index is 2.15. The van der Waals surface area contributed by atoms with E-state index in [0.29, 0.717) is 10.9 Å². The maximum atomic E-state index is 12.1. The molecule has 1 fully saturated rings. The minimum Gasteiger partial charge on any atom is -0.507 e. The molecule has 0 radical (unpaired) electrons. The molecule has 1 aliphatic carbocycles. The summed E-state index contributed by atoms with van der Waals surface area (Å²) in [5.41, 5.74) is 6.80. The molecule has 0 heterocycles. The highest BCUT2D eigenvalue weighted by atomic mass is 32.1. The van der Waals surface area contributed by atoms with Gasteiger partial charge in [-0.3, -0.25) is 4.79 Å². The van der Waals surface area contributed by atoms with Crippen molar-refractivity contribution in [1.82, 2.24) is 5.32 Å². The van der Waals surface area contributed by atoms with Crippen LogP contribution in [0.25, 0.3) is 0 Å². The fraction of sp³-hybridized carbons (Fsp3) is 0.385. The van der Waals surface area contributed by atoms with Crippen LogP contribution in [-0.2, 0) is 0 Å². The molecule has 1 atom stereocenters. The Morgan fingerprint density at radius 2 is 2.22 bits per heavy atom. The monoisotopic (exact) mass is 264 g/mol. The molecule has 0 bridgehead atoms. The van der Waals surface area contributed by atoms with Gasteiger partial charge in [0, 0.05) is 0 Å². The van der Waals surface area contributed by atoms with Crippen LogP contribution in [0.4, 0.5) is 0 Å². The molecule has 1 amide bonds. The quantitative estimate of drug-likeness (QED) is 0.720. The van der Waals surface area contributed by atoms with E-state index < -0.39 is 0 Å². The van der Waals surface area contributed by atoms with E-state index in [2.05, 4.69) is 5.32 Å². The second-order valence-electron chi connectivity index (χ2n) is 4.71. The molecule has 1 aromatic carbocycles. The van der Waals surface area contributed by atoms with Crippen molar-refractivity contribution in [3.05, 3.63) is 29.3 Å². The van der Waals surface area contributed by atoms with Gasteiger partial charge in [0.15, 0.2) is 0 Å². The highest BCUT2D eigenvalue weighted by Gasteiger charge is 2.34. The van der Waals surface area contributed by atoms with Gasteiger partial charge in [-0.2, -0.15) is 0 Å². The third-order valence-corrected chi connectivity index (χ3v) is 3.34. The molecule has 96 valence electrons. The summed E-state index contributed by atoms with van der Waals surface area (Å²) in [7, 11) is 0. The SMILES string of the molecule is Cc1ccc(O)c(C(=O)NC(C(N)=S)C2CC2)c1. The average molecular weight is 264 g/mol. The Labute approximate surface area is 111 Å². The number of phenols is 1. The van der Waals surface area contributed by atoms with E-state index in [9.17, 15) is 9.90 Å². The summed E-state index contributed by atoms with van der Waals surface area (Å²) < 4.78 is 0. The highest BCUT2D eigenvalue weighted by molar-refractivity contribution is 7.80. The summed E-state index contributed by atoms with van der Waals surface area (Å²) in [6.45, 7) is 1.86. The average Bonchev–Trinajstić information content (AvgIpc) is 3.12. The standard InChI is InChI=1S/C13H16N2O2S/c1-7-2-5-10(16)9(6-7)13(17)15-11(12(14)18)8-3-4-8/h2,5-6,8,11,16H,3-4H2,1H3,(H2,14,18)(H,15,17). The molecule has 0 spiro atoms. The van der Waals surface area contributed by atoms with E-state index in [1.54, 1.807) is 12.1 Å². The van der Waals surface area contributed by atoms with Crippen molar-refractivity contribution in [3.8, 4) is 5.75 Å². The van der Waals surface area contributed by atoms with Gasteiger partial charge in [-0.25, -0.2) is 0 Å². The van der Waals surface area contributed by atoms with Crippen LogP contribution in [0.15, 0.2) is 18.2 Å². The third-order valence-electron chi connectivity index (χ3n) is 3.08. The molecule has 18 heavy (non-hydrogen) atoms. The number of amides is 1. The first-order valence-corrected chi connectivity index (χ1v) is 6.29. The molecule has 1 aromatic rings. The summed E-state index contributed by atoms with van der Waals surface area (Å²) in [5.74, 6) is -0.0186. The second kappa shape index (κ2) is 4.94. The number of aryl methyl sites for hydroxylation is 1. The smallest absolute Gasteiger partial charge is 0.255 e. The Morgan fingerprint density at radius 1 is 1.56 bits per heavy atom. The lowest BCUT2D eigenvalue weighted by Gasteiger charge is -2.17. The van der Waals surface area contributed by atoms with Crippen LogP contribution in [0.2, 0.25) is 0 Å². The van der Waals surface area contributed by atoms with E-state index >= 15 is 0 Å². The van der Waals surface area contributed by atoms with E-state index in [-0.39, 0.29) is 23.3 Å². The minimum atomic E-state index is -0.332. The van der Waals surface area contributed by atoms with Gasteiger partial charge < -0.3 is 16.2 Å².